The molecule has 0 aliphatic rings. The highest BCUT2D eigenvalue weighted by atomic mass is 32.1. The fraction of sp³-hybridized carbons (Fsp3) is 0.167. The van der Waals surface area contributed by atoms with Crippen molar-refractivity contribution in [1.82, 2.24) is 15.4 Å². The zero-order chi connectivity index (χ0) is 17.8. The third-order valence-electron chi connectivity index (χ3n) is 3.82. The second-order valence-corrected chi connectivity index (χ2v) is 6.38. The summed E-state index contributed by atoms with van der Waals surface area (Å²) in [6.45, 7) is 4.05. The number of nitrogens with one attached hydrogen (secondary N) is 2. The Hall–Kier alpha value is -2.77. The van der Waals surface area contributed by atoms with Crippen molar-refractivity contribution >= 4 is 28.7 Å². The van der Waals surface area contributed by atoms with Crippen molar-refractivity contribution in [2.24, 2.45) is 0 Å². The molecule has 128 valence electrons. The smallest absolute Gasteiger partial charge is 0.274 e. The summed E-state index contributed by atoms with van der Waals surface area (Å²) in [6, 6.07) is 10.8. The van der Waals surface area contributed by atoms with E-state index in [0.717, 1.165) is 34.1 Å². The van der Waals surface area contributed by atoms with E-state index in [1.54, 1.807) is 41.1 Å². The van der Waals surface area contributed by atoms with Gasteiger partial charge in [-0.25, -0.2) is 15.4 Å². The molecule has 0 radical (unpaired) electrons. The molecule has 0 bridgehead atoms. The van der Waals surface area contributed by atoms with E-state index in [2.05, 4.69) is 22.2 Å². The molecule has 6 nitrogen and oxygen atoms in total. The van der Waals surface area contributed by atoms with Crippen molar-refractivity contribution in [3.8, 4) is 10.7 Å². The van der Waals surface area contributed by atoms with E-state index in [4.69, 9.17) is 5.21 Å². The van der Waals surface area contributed by atoms with Crippen LogP contribution in [-0.4, -0.2) is 21.1 Å². The van der Waals surface area contributed by atoms with E-state index in [1.807, 2.05) is 24.4 Å². The number of hydroxylamine groups is 1. The summed E-state index contributed by atoms with van der Waals surface area (Å²) in [5.74, 6) is 0.917. The molecule has 25 heavy (non-hydrogen) atoms. The summed E-state index contributed by atoms with van der Waals surface area (Å²) < 4.78 is 0. The first-order valence-electron chi connectivity index (χ1n) is 7.85. The summed E-state index contributed by atoms with van der Waals surface area (Å²) >= 11 is 1.60. The third-order valence-corrected chi connectivity index (χ3v) is 4.69. The molecule has 3 N–H and O–H groups in total. The Bertz CT molecular complexity index is 877. The fourth-order valence-corrected chi connectivity index (χ4v) is 3.20. The molecule has 3 aromatic rings. The minimum Gasteiger partial charge on any atom is -0.340 e. The van der Waals surface area contributed by atoms with Crippen LogP contribution in [0.3, 0.4) is 0 Å². The molecule has 0 aliphatic heterocycles. The van der Waals surface area contributed by atoms with Gasteiger partial charge in [0.15, 0.2) is 5.82 Å². The average Bonchev–Trinajstić information content (AvgIpc) is 3.16. The number of carbonyl (C=O) groups is 1. The average molecular weight is 354 g/mol. The number of hydrogen-bond donors (Lipinski definition) is 3. The van der Waals surface area contributed by atoms with Gasteiger partial charge in [-0.05, 0) is 49.1 Å². The lowest BCUT2D eigenvalue weighted by molar-refractivity contribution is 0.0706. The molecule has 0 saturated carbocycles. The molecule has 0 unspecified atom stereocenters. The SMILES string of the molecule is CCc1c(C)nc(-c2cccs2)nc1Nc1ccc(C(=O)NO)cc1. The second kappa shape index (κ2) is 7.42. The van der Waals surface area contributed by atoms with E-state index in [9.17, 15) is 4.79 Å². The highest BCUT2D eigenvalue weighted by Crippen LogP contribution is 2.27. The minimum absolute atomic E-state index is 0.377. The number of rotatable bonds is 5. The van der Waals surface area contributed by atoms with E-state index in [-0.39, 0.29) is 0 Å². The quantitative estimate of drug-likeness (QED) is 0.477. The Morgan fingerprint density at radius 2 is 1.96 bits per heavy atom. The number of anilines is 2. The molecule has 0 spiro atoms. The maximum Gasteiger partial charge on any atom is 0.274 e. The van der Waals surface area contributed by atoms with Gasteiger partial charge in [0.1, 0.15) is 5.82 Å². The van der Waals surface area contributed by atoms with Crippen molar-refractivity contribution in [1.29, 1.82) is 0 Å². The predicted octanol–water partition coefficient (Wildman–Crippen LogP) is 3.94. The molecule has 0 saturated heterocycles. The van der Waals surface area contributed by atoms with Gasteiger partial charge >= 0.3 is 0 Å². The number of aromatic nitrogens is 2. The van der Waals surface area contributed by atoms with Gasteiger partial charge in [0.25, 0.3) is 5.91 Å². The van der Waals surface area contributed by atoms with Crippen LogP contribution in [0.1, 0.15) is 28.5 Å². The first-order valence-corrected chi connectivity index (χ1v) is 8.73. The predicted molar refractivity (Wildman–Crippen MR) is 98.4 cm³/mol. The molecule has 0 aliphatic carbocycles. The topological polar surface area (TPSA) is 87.1 Å². The van der Waals surface area contributed by atoms with Gasteiger partial charge in [0.2, 0.25) is 0 Å². The first kappa shape index (κ1) is 17.1. The van der Waals surface area contributed by atoms with E-state index in [0.29, 0.717) is 11.4 Å². The lowest BCUT2D eigenvalue weighted by atomic mass is 10.1. The lowest BCUT2D eigenvalue weighted by Crippen LogP contribution is -2.18. The standard InChI is InChI=1S/C18H18N4O2S/c1-3-14-11(2)19-17(15-5-4-10-25-15)21-16(14)20-13-8-6-12(7-9-13)18(23)22-24/h4-10,24H,3H2,1-2H3,(H,22,23)(H,19,20,21). The molecule has 1 aromatic carbocycles. The number of hydrogen-bond acceptors (Lipinski definition) is 6. The summed E-state index contributed by atoms with van der Waals surface area (Å²) in [6.07, 6.45) is 0.809. The number of thiophene rings is 1. The summed E-state index contributed by atoms with van der Waals surface area (Å²) in [5.41, 5.74) is 4.80. The van der Waals surface area contributed by atoms with Crippen LogP contribution in [0.25, 0.3) is 10.7 Å². The highest BCUT2D eigenvalue weighted by molar-refractivity contribution is 7.13. The number of aryl methyl sites for hydroxylation is 1. The third kappa shape index (κ3) is 3.67. The van der Waals surface area contributed by atoms with Crippen LogP contribution in [0.2, 0.25) is 0 Å². The summed E-state index contributed by atoms with van der Waals surface area (Å²) in [5, 5.41) is 14.0. The Morgan fingerprint density at radius 1 is 1.20 bits per heavy atom. The monoisotopic (exact) mass is 354 g/mol. The zero-order valence-corrected chi connectivity index (χ0v) is 14.7. The normalized spacial score (nSPS) is 10.5. The van der Waals surface area contributed by atoms with Gasteiger partial charge in [-0.1, -0.05) is 13.0 Å². The maximum absolute atomic E-state index is 11.4. The number of nitrogens with zero attached hydrogens (tertiary/aromatic N) is 2. The Balaban J connectivity index is 1.94. The van der Waals surface area contributed by atoms with Crippen molar-refractivity contribution in [3.05, 3.63) is 58.6 Å². The van der Waals surface area contributed by atoms with E-state index >= 15 is 0 Å². The maximum atomic E-state index is 11.4. The van der Waals surface area contributed by atoms with E-state index < -0.39 is 5.91 Å². The molecule has 0 fully saturated rings. The van der Waals surface area contributed by atoms with Gasteiger partial charge in [0, 0.05) is 22.5 Å². The summed E-state index contributed by atoms with van der Waals surface area (Å²) in [4.78, 5) is 21.7. The molecule has 2 heterocycles. The van der Waals surface area contributed by atoms with Gasteiger partial charge in [-0.3, -0.25) is 10.0 Å². The lowest BCUT2D eigenvalue weighted by Gasteiger charge is -2.14. The van der Waals surface area contributed by atoms with Crippen LogP contribution >= 0.6 is 11.3 Å². The van der Waals surface area contributed by atoms with Gasteiger partial charge in [0.05, 0.1) is 4.88 Å². The fourth-order valence-electron chi connectivity index (χ4n) is 2.54. The van der Waals surface area contributed by atoms with Crippen LogP contribution in [-0.2, 0) is 6.42 Å². The zero-order valence-electron chi connectivity index (χ0n) is 13.9. The van der Waals surface area contributed by atoms with Crippen LogP contribution in [0.15, 0.2) is 41.8 Å². The van der Waals surface area contributed by atoms with Gasteiger partial charge < -0.3 is 5.32 Å². The summed E-state index contributed by atoms with van der Waals surface area (Å²) in [7, 11) is 0. The molecule has 3 rings (SSSR count). The largest absolute Gasteiger partial charge is 0.340 e. The van der Waals surface area contributed by atoms with Gasteiger partial charge in [-0.15, -0.1) is 11.3 Å². The number of benzene rings is 1. The molecule has 1 amide bonds. The molecular weight excluding hydrogens is 336 g/mol. The Morgan fingerprint density at radius 3 is 2.56 bits per heavy atom. The number of amides is 1. The van der Waals surface area contributed by atoms with Crippen molar-refractivity contribution < 1.29 is 10.0 Å². The minimum atomic E-state index is -0.543. The molecular formula is C18H18N4O2S. The van der Waals surface area contributed by atoms with E-state index in [1.165, 1.54) is 0 Å². The Labute approximate surface area is 149 Å². The van der Waals surface area contributed by atoms with Crippen LogP contribution in [0.4, 0.5) is 11.5 Å². The number of carbonyl (C=O) groups excluding carboxylic acids is 1. The second-order valence-electron chi connectivity index (χ2n) is 5.43. The first-order chi connectivity index (χ1) is 12.1. The molecule has 0 atom stereocenters. The van der Waals surface area contributed by atoms with Crippen molar-refractivity contribution in [3.63, 3.8) is 0 Å². The molecule has 2 aromatic heterocycles. The van der Waals surface area contributed by atoms with Crippen molar-refractivity contribution in [2.75, 3.05) is 5.32 Å². The highest BCUT2D eigenvalue weighted by Gasteiger charge is 2.13. The van der Waals surface area contributed by atoms with Crippen molar-refractivity contribution in [2.45, 2.75) is 20.3 Å². The molecule has 7 heteroatoms. The van der Waals surface area contributed by atoms with Crippen LogP contribution < -0.4 is 10.8 Å². The van der Waals surface area contributed by atoms with Crippen LogP contribution in [0.5, 0.6) is 0 Å². The Kier molecular flexibility index (Phi) is 5.06. The van der Waals surface area contributed by atoms with Gasteiger partial charge in [-0.2, -0.15) is 0 Å². The van der Waals surface area contributed by atoms with Crippen LogP contribution in [0, 0.1) is 6.92 Å².